The summed E-state index contributed by atoms with van der Waals surface area (Å²) in [5.41, 5.74) is 0.243. The fourth-order valence-corrected chi connectivity index (χ4v) is 2.00. The van der Waals surface area contributed by atoms with Crippen LogP contribution in [0.4, 0.5) is 5.00 Å². The first-order valence-corrected chi connectivity index (χ1v) is 5.59. The monoisotopic (exact) mass is 230 g/mol. The van der Waals surface area contributed by atoms with Crippen LogP contribution in [-0.4, -0.2) is 45.8 Å². The van der Waals surface area contributed by atoms with Gasteiger partial charge in [0.25, 0.3) is 0 Å². The Morgan fingerprint density at radius 2 is 2.20 bits per heavy atom. The summed E-state index contributed by atoms with van der Waals surface area (Å²) in [6.45, 7) is 4.88. The fourth-order valence-electron chi connectivity index (χ4n) is 1.47. The van der Waals surface area contributed by atoms with Gasteiger partial charge in [0, 0.05) is 31.7 Å². The lowest BCUT2D eigenvalue weighted by molar-refractivity contribution is 0.0422. The summed E-state index contributed by atoms with van der Waals surface area (Å²) in [7, 11) is 3.81. The molecule has 0 spiro atoms. The molecule has 0 saturated heterocycles. The number of aromatic nitrogens is 2. The van der Waals surface area contributed by atoms with E-state index in [0.717, 1.165) is 10.7 Å². The van der Waals surface area contributed by atoms with E-state index in [0.29, 0.717) is 13.1 Å². The summed E-state index contributed by atoms with van der Waals surface area (Å²) >= 11 is 1.35. The van der Waals surface area contributed by atoms with Crippen LogP contribution in [0.15, 0.2) is 0 Å². The summed E-state index contributed by atoms with van der Waals surface area (Å²) in [6, 6.07) is 0. The molecule has 1 heterocycles. The van der Waals surface area contributed by atoms with Crippen LogP contribution >= 0.6 is 11.5 Å². The predicted molar refractivity (Wildman–Crippen MR) is 62.1 cm³/mol. The summed E-state index contributed by atoms with van der Waals surface area (Å²) in [5, 5.41) is 17.7. The van der Waals surface area contributed by atoms with Crippen molar-refractivity contribution in [3.63, 3.8) is 0 Å². The van der Waals surface area contributed by atoms with E-state index in [4.69, 9.17) is 0 Å². The highest BCUT2D eigenvalue weighted by atomic mass is 32.1. The number of rotatable bonds is 5. The number of likely N-dealkylation sites (N-methyl/N-ethyl adjacent to an activating group) is 1. The molecule has 15 heavy (non-hydrogen) atoms. The third-order valence-electron chi connectivity index (χ3n) is 1.86. The van der Waals surface area contributed by atoms with Gasteiger partial charge in [0.2, 0.25) is 0 Å². The van der Waals surface area contributed by atoms with Crippen LogP contribution in [0.5, 0.6) is 0 Å². The largest absolute Gasteiger partial charge is 0.389 e. The maximum atomic E-state index is 9.65. The lowest BCUT2D eigenvalue weighted by atomic mass is 10.1. The van der Waals surface area contributed by atoms with Gasteiger partial charge in [-0.25, -0.2) is 0 Å². The standard InChI is InChI=1S/C9H18N4OS/c1-9(2,14)6-13(4)5-7-8(10-3)15-12-11-7/h10,14H,5-6H2,1-4H3. The zero-order valence-corrected chi connectivity index (χ0v) is 10.4. The second-order valence-electron chi connectivity index (χ2n) is 4.28. The summed E-state index contributed by atoms with van der Waals surface area (Å²) in [5.74, 6) is 0. The van der Waals surface area contributed by atoms with Crippen molar-refractivity contribution in [1.29, 1.82) is 0 Å². The topological polar surface area (TPSA) is 61.3 Å². The van der Waals surface area contributed by atoms with E-state index in [1.807, 2.05) is 19.0 Å². The Hall–Kier alpha value is -0.720. The Morgan fingerprint density at radius 3 is 2.73 bits per heavy atom. The van der Waals surface area contributed by atoms with Crippen LogP contribution < -0.4 is 5.32 Å². The van der Waals surface area contributed by atoms with Gasteiger partial charge in [-0.3, -0.25) is 4.90 Å². The molecular formula is C9H18N4OS. The SMILES string of the molecule is CNc1snnc1CN(C)CC(C)(C)O. The van der Waals surface area contributed by atoms with Crippen LogP contribution in [0.2, 0.25) is 0 Å². The van der Waals surface area contributed by atoms with Crippen molar-refractivity contribution < 1.29 is 5.11 Å². The first-order valence-electron chi connectivity index (χ1n) is 4.82. The summed E-state index contributed by atoms with van der Waals surface area (Å²) < 4.78 is 3.88. The lowest BCUT2D eigenvalue weighted by Crippen LogP contribution is -2.36. The Labute approximate surface area is 94.3 Å². The predicted octanol–water partition coefficient (Wildman–Crippen LogP) is 0.782. The van der Waals surface area contributed by atoms with E-state index in [1.54, 1.807) is 13.8 Å². The van der Waals surface area contributed by atoms with Gasteiger partial charge in [-0.2, -0.15) is 0 Å². The van der Waals surface area contributed by atoms with E-state index in [9.17, 15) is 5.11 Å². The van der Waals surface area contributed by atoms with Crippen molar-refractivity contribution >= 4 is 16.5 Å². The van der Waals surface area contributed by atoms with E-state index in [-0.39, 0.29) is 0 Å². The van der Waals surface area contributed by atoms with Gasteiger partial charge in [-0.05, 0) is 20.9 Å². The van der Waals surface area contributed by atoms with E-state index >= 15 is 0 Å². The molecule has 0 fully saturated rings. The van der Waals surface area contributed by atoms with Gasteiger partial charge in [-0.15, -0.1) is 5.10 Å². The van der Waals surface area contributed by atoms with Gasteiger partial charge < -0.3 is 10.4 Å². The van der Waals surface area contributed by atoms with E-state index in [2.05, 4.69) is 14.9 Å². The number of nitrogens with one attached hydrogen (secondary N) is 1. The zero-order chi connectivity index (χ0) is 11.5. The minimum atomic E-state index is -0.683. The maximum absolute atomic E-state index is 9.65. The highest BCUT2D eigenvalue weighted by Crippen LogP contribution is 2.18. The van der Waals surface area contributed by atoms with Crippen molar-refractivity contribution in [3.05, 3.63) is 5.69 Å². The highest BCUT2D eigenvalue weighted by molar-refractivity contribution is 7.10. The first kappa shape index (κ1) is 12.4. The summed E-state index contributed by atoms with van der Waals surface area (Å²) in [6.07, 6.45) is 0. The number of nitrogens with zero attached hydrogens (tertiary/aromatic N) is 3. The molecule has 0 aliphatic carbocycles. The van der Waals surface area contributed by atoms with Crippen LogP contribution in [0, 0.1) is 0 Å². The second kappa shape index (κ2) is 4.87. The average Bonchev–Trinajstić information content (AvgIpc) is 2.48. The van der Waals surface area contributed by atoms with E-state index < -0.39 is 5.60 Å². The second-order valence-corrected chi connectivity index (χ2v) is 5.04. The van der Waals surface area contributed by atoms with Crippen molar-refractivity contribution in [2.45, 2.75) is 26.0 Å². The molecule has 0 aromatic carbocycles. The molecule has 0 aliphatic rings. The maximum Gasteiger partial charge on any atom is 0.134 e. The molecule has 0 amide bonds. The normalized spacial score (nSPS) is 12.1. The van der Waals surface area contributed by atoms with Crippen LogP contribution in [-0.2, 0) is 6.54 Å². The molecule has 2 N–H and O–H groups in total. The van der Waals surface area contributed by atoms with Gasteiger partial charge in [0.1, 0.15) is 10.7 Å². The fraction of sp³-hybridized carbons (Fsp3) is 0.778. The van der Waals surface area contributed by atoms with Crippen molar-refractivity contribution in [2.75, 3.05) is 26.0 Å². The molecule has 1 aromatic rings. The molecule has 0 radical (unpaired) electrons. The number of hydrogen-bond donors (Lipinski definition) is 2. The van der Waals surface area contributed by atoms with Crippen molar-refractivity contribution in [3.8, 4) is 0 Å². The Balaban J connectivity index is 2.55. The Bertz CT molecular complexity index is 307. The number of hydrogen-bond acceptors (Lipinski definition) is 6. The van der Waals surface area contributed by atoms with Crippen LogP contribution in [0.25, 0.3) is 0 Å². The zero-order valence-electron chi connectivity index (χ0n) is 9.61. The number of anilines is 1. The third-order valence-corrected chi connectivity index (χ3v) is 2.64. The van der Waals surface area contributed by atoms with Gasteiger partial charge in [0.05, 0.1) is 5.60 Å². The average molecular weight is 230 g/mol. The smallest absolute Gasteiger partial charge is 0.134 e. The molecular weight excluding hydrogens is 212 g/mol. The van der Waals surface area contributed by atoms with Crippen LogP contribution in [0.3, 0.4) is 0 Å². The summed E-state index contributed by atoms with van der Waals surface area (Å²) in [4.78, 5) is 2.03. The van der Waals surface area contributed by atoms with Gasteiger partial charge in [-0.1, -0.05) is 4.49 Å². The first-order chi connectivity index (χ1) is 6.92. The lowest BCUT2D eigenvalue weighted by Gasteiger charge is -2.24. The minimum absolute atomic E-state index is 0.605. The molecule has 0 unspecified atom stereocenters. The Morgan fingerprint density at radius 1 is 1.53 bits per heavy atom. The molecule has 0 atom stereocenters. The molecule has 1 rings (SSSR count). The van der Waals surface area contributed by atoms with Crippen molar-refractivity contribution in [2.24, 2.45) is 0 Å². The van der Waals surface area contributed by atoms with Crippen molar-refractivity contribution in [1.82, 2.24) is 14.5 Å². The van der Waals surface area contributed by atoms with Gasteiger partial charge >= 0.3 is 0 Å². The minimum Gasteiger partial charge on any atom is -0.389 e. The van der Waals surface area contributed by atoms with Gasteiger partial charge in [0.15, 0.2) is 0 Å². The molecule has 0 bridgehead atoms. The third kappa shape index (κ3) is 4.11. The number of aliphatic hydroxyl groups is 1. The molecule has 1 aromatic heterocycles. The molecule has 0 saturated carbocycles. The molecule has 5 nitrogen and oxygen atoms in total. The molecule has 86 valence electrons. The highest BCUT2D eigenvalue weighted by Gasteiger charge is 2.17. The quantitative estimate of drug-likeness (QED) is 0.783. The van der Waals surface area contributed by atoms with E-state index in [1.165, 1.54) is 11.5 Å². The molecule has 0 aliphatic heterocycles. The Kier molecular flexibility index (Phi) is 4.01. The van der Waals surface area contributed by atoms with Crippen LogP contribution in [0.1, 0.15) is 19.5 Å². The molecule has 6 heteroatoms.